The number of para-hydroxylation sites is 1. The van der Waals surface area contributed by atoms with Gasteiger partial charge in [0.25, 0.3) is 5.91 Å². The molecule has 0 unspecified atom stereocenters. The molecule has 2 heterocycles. The highest BCUT2D eigenvalue weighted by Gasteiger charge is 2.14. The summed E-state index contributed by atoms with van der Waals surface area (Å²) in [5, 5.41) is 9.79. The largest absolute Gasteiger partial charge is 0.322 e. The summed E-state index contributed by atoms with van der Waals surface area (Å²) in [4.78, 5) is 31.2. The van der Waals surface area contributed by atoms with Crippen LogP contribution in [0.5, 0.6) is 0 Å². The van der Waals surface area contributed by atoms with E-state index < -0.39 is 5.91 Å². The molecule has 2 aromatic carbocycles. The van der Waals surface area contributed by atoms with Crippen LogP contribution in [0.15, 0.2) is 59.4 Å². The third-order valence-electron chi connectivity index (χ3n) is 3.82. The first-order valence-corrected chi connectivity index (χ1v) is 7.72. The maximum absolute atomic E-state index is 13.0. The zero-order valence-electron chi connectivity index (χ0n) is 13.3. The van der Waals surface area contributed by atoms with Crippen LogP contribution in [0.4, 0.5) is 10.3 Å². The number of amides is 1. The second-order valence-corrected chi connectivity index (χ2v) is 5.56. The zero-order valence-corrected chi connectivity index (χ0v) is 13.3. The molecule has 0 aliphatic rings. The van der Waals surface area contributed by atoms with Crippen molar-refractivity contribution in [2.75, 3.05) is 5.32 Å². The Kier molecular flexibility index (Phi) is 3.77. The van der Waals surface area contributed by atoms with Gasteiger partial charge in [-0.3, -0.25) is 20.0 Å². The van der Waals surface area contributed by atoms with E-state index >= 15 is 0 Å². The Balaban J connectivity index is 1.63. The minimum atomic E-state index is -0.503. The normalized spacial score (nSPS) is 10.8. The summed E-state index contributed by atoms with van der Waals surface area (Å²) in [5.74, 6) is -0.422. The Morgan fingerprint density at radius 1 is 1.08 bits per heavy atom. The molecule has 128 valence electrons. The van der Waals surface area contributed by atoms with Crippen LogP contribution in [-0.4, -0.2) is 26.1 Å². The molecular formula is C18H12FN5O2. The molecule has 4 rings (SSSR count). The van der Waals surface area contributed by atoms with Crippen LogP contribution < -0.4 is 10.9 Å². The minimum absolute atomic E-state index is 0.0543. The minimum Gasteiger partial charge on any atom is -0.322 e. The molecule has 0 saturated heterocycles. The standard InChI is InChI=1S/C18H12FN5O2/c19-11-7-5-10(6-8-11)16-21-18(24-23-16)22-17(26)13-9-15(25)20-14-4-2-1-3-12(13)14/h1-9H,(H,20,25)(H2,21,22,23,24,26). The lowest BCUT2D eigenvalue weighted by Crippen LogP contribution is -2.17. The van der Waals surface area contributed by atoms with E-state index in [1.165, 1.54) is 18.2 Å². The number of pyridine rings is 1. The first kappa shape index (κ1) is 15.7. The van der Waals surface area contributed by atoms with Crippen molar-refractivity contribution in [2.24, 2.45) is 0 Å². The molecule has 0 fully saturated rings. The van der Waals surface area contributed by atoms with Gasteiger partial charge < -0.3 is 4.98 Å². The zero-order chi connectivity index (χ0) is 18.1. The van der Waals surface area contributed by atoms with Crippen LogP contribution in [0.2, 0.25) is 0 Å². The molecule has 0 radical (unpaired) electrons. The molecule has 1 amide bonds. The SMILES string of the molecule is O=C(Nc1n[nH]c(-c2ccc(F)cc2)n1)c1cc(=O)[nH]c2ccccc12. The van der Waals surface area contributed by atoms with Crippen molar-refractivity contribution >= 4 is 22.8 Å². The number of fused-ring (bicyclic) bond motifs is 1. The summed E-state index contributed by atoms with van der Waals surface area (Å²) < 4.78 is 13.0. The first-order chi connectivity index (χ1) is 12.6. The lowest BCUT2D eigenvalue weighted by Gasteiger charge is -2.05. The highest BCUT2D eigenvalue weighted by atomic mass is 19.1. The van der Waals surface area contributed by atoms with Crippen LogP contribution in [0.1, 0.15) is 10.4 Å². The van der Waals surface area contributed by atoms with Gasteiger partial charge in [-0.2, -0.15) is 4.98 Å². The van der Waals surface area contributed by atoms with Crippen LogP contribution in [0.3, 0.4) is 0 Å². The van der Waals surface area contributed by atoms with E-state index in [2.05, 4.69) is 25.5 Å². The van der Waals surface area contributed by atoms with Crippen molar-refractivity contribution < 1.29 is 9.18 Å². The number of nitrogens with zero attached hydrogens (tertiary/aromatic N) is 2. The molecule has 0 atom stereocenters. The molecule has 26 heavy (non-hydrogen) atoms. The predicted molar refractivity (Wildman–Crippen MR) is 94.3 cm³/mol. The summed E-state index contributed by atoms with van der Waals surface area (Å²) in [6, 6.07) is 13.9. The van der Waals surface area contributed by atoms with Crippen molar-refractivity contribution in [3.63, 3.8) is 0 Å². The van der Waals surface area contributed by atoms with Crippen LogP contribution >= 0.6 is 0 Å². The molecule has 0 bridgehead atoms. The van der Waals surface area contributed by atoms with E-state index in [0.717, 1.165) is 0 Å². The maximum Gasteiger partial charge on any atom is 0.258 e. The fraction of sp³-hybridized carbons (Fsp3) is 0. The van der Waals surface area contributed by atoms with Crippen molar-refractivity contribution in [2.45, 2.75) is 0 Å². The van der Waals surface area contributed by atoms with E-state index in [4.69, 9.17) is 0 Å². The molecular weight excluding hydrogens is 337 g/mol. The molecule has 4 aromatic rings. The number of carbonyl (C=O) groups is 1. The summed E-state index contributed by atoms with van der Waals surface area (Å²) in [5.41, 5.74) is 1.03. The number of hydrogen-bond acceptors (Lipinski definition) is 4. The highest BCUT2D eigenvalue weighted by molar-refractivity contribution is 6.11. The summed E-state index contributed by atoms with van der Waals surface area (Å²) in [7, 11) is 0. The Morgan fingerprint density at radius 3 is 2.65 bits per heavy atom. The van der Waals surface area contributed by atoms with Gasteiger partial charge in [-0.1, -0.05) is 18.2 Å². The third-order valence-corrected chi connectivity index (χ3v) is 3.82. The highest BCUT2D eigenvalue weighted by Crippen LogP contribution is 2.18. The fourth-order valence-electron chi connectivity index (χ4n) is 2.62. The van der Waals surface area contributed by atoms with E-state index in [1.807, 2.05) is 0 Å². The number of halogens is 1. The fourth-order valence-corrected chi connectivity index (χ4v) is 2.62. The first-order valence-electron chi connectivity index (χ1n) is 7.72. The van der Waals surface area contributed by atoms with Crippen molar-refractivity contribution in [1.82, 2.24) is 20.2 Å². The van der Waals surface area contributed by atoms with Gasteiger partial charge in [-0.25, -0.2) is 4.39 Å². The molecule has 0 aliphatic heterocycles. The topological polar surface area (TPSA) is 104 Å². The molecule has 0 saturated carbocycles. The van der Waals surface area contributed by atoms with E-state index in [0.29, 0.717) is 22.3 Å². The van der Waals surface area contributed by atoms with E-state index in [1.54, 1.807) is 36.4 Å². The number of aromatic amines is 2. The molecule has 0 aliphatic carbocycles. The average molecular weight is 349 g/mol. The predicted octanol–water partition coefficient (Wildman–Crippen LogP) is 2.70. The lowest BCUT2D eigenvalue weighted by atomic mass is 10.1. The second kappa shape index (κ2) is 6.25. The van der Waals surface area contributed by atoms with E-state index in [9.17, 15) is 14.0 Å². The number of anilines is 1. The van der Waals surface area contributed by atoms with Crippen molar-refractivity contribution in [1.29, 1.82) is 0 Å². The number of hydrogen-bond donors (Lipinski definition) is 3. The molecule has 2 aromatic heterocycles. The maximum atomic E-state index is 13.0. The molecule has 8 heteroatoms. The van der Waals surface area contributed by atoms with Crippen molar-refractivity contribution in [3.05, 3.63) is 76.3 Å². The Morgan fingerprint density at radius 2 is 1.85 bits per heavy atom. The Bertz CT molecular complexity index is 1160. The van der Waals surface area contributed by atoms with Gasteiger partial charge in [0.05, 0.1) is 5.56 Å². The van der Waals surface area contributed by atoms with Gasteiger partial charge in [0.1, 0.15) is 5.82 Å². The Hall–Kier alpha value is -3.81. The number of H-pyrrole nitrogens is 2. The summed E-state index contributed by atoms with van der Waals surface area (Å²) >= 11 is 0. The van der Waals surface area contributed by atoms with Gasteiger partial charge in [0.15, 0.2) is 5.82 Å². The van der Waals surface area contributed by atoms with Gasteiger partial charge >= 0.3 is 0 Å². The quantitative estimate of drug-likeness (QED) is 0.529. The van der Waals surface area contributed by atoms with Gasteiger partial charge in [0, 0.05) is 22.5 Å². The second-order valence-electron chi connectivity index (χ2n) is 5.56. The third kappa shape index (κ3) is 2.95. The average Bonchev–Trinajstić information content (AvgIpc) is 3.10. The summed E-state index contributed by atoms with van der Waals surface area (Å²) in [6.07, 6.45) is 0. The van der Waals surface area contributed by atoms with Gasteiger partial charge in [0.2, 0.25) is 11.5 Å². The molecule has 3 N–H and O–H groups in total. The van der Waals surface area contributed by atoms with Crippen LogP contribution in [0.25, 0.3) is 22.3 Å². The van der Waals surface area contributed by atoms with Crippen LogP contribution in [0, 0.1) is 5.82 Å². The number of carbonyl (C=O) groups excluding carboxylic acids is 1. The van der Waals surface area contributed by atoms with Crippen molar-refractivity contribution in [3.8, 4) is 11.4 Å². The number of rotatable bonds is 3. The number of nitrogens with one attached hydrogen (secondary N) is 3. The van der Waals surface area contributed by atoms with E-state index in [-0.39, 0.29) is 22.9 Å². The molecule has 0 spiro atoms. The van der Waals surface area contributed by atoms with Gasteiger partial charge in [-0.15, -0.1) is 5.10 Å². The number of aromatic nitrogens is 4. The molecule has 7 nitrogen and oxygen atoms in total. The number of benzene rings is 2. The summed E-state index contributed by atoms with van der Waals surface area (Å²) in [6.45, 7) is 0. The van der Waals surface area contributed by atoms with Crippen LogP contribution in [-0.2, 0) is 0 Å². The Labute approximate surface area is 145 Å². The smallest absolute Gasteiger partial charge is 0.258 e. The monoisotopic (exact) mass is 349 g/mol. The van der Waals surface area contributed by atoms with Gasteiger partial charge in [-0.05, 0) is 30.3 Å². The lowest BCUT2D eigenvalue weighted by molar-refractivity contribution is 0.102.